The third-order valence-electron chi connectivity index (χ3n) is 16.3. The summed E-state index contributed by atoms with van der Waals surface area (Å²) >= 11 is 1.58. The topological polar surface area (TPSA) is 216 Å². The summed E-state index contributed by atoms with van der Waals surface area (Å²) < 4.78 is 47.8. The van der Waals surface area contributed by atoms with Crippen LogP contribution in [-0.4, -0.2) is 127 Å². The van der Waals surface area contributed by atoms with E-state index in [0.717, 1.165) is 116 Å². The lowest BCUT2D eigenvalue weighted by atomic mass is 9.85. The number of anilines is 2. The fourth-order valence-corrected chi connectivity index (χ4v) is 13.3. The van der Waals surface area contributed by atoms with E-state index in [1.807, 2.05) is 81.3 Å². The average Bonchev–Trinajstić information content (AvgIpc) is 3.87. The van der Waals surface area contributed by atoms with E-state index < -0.39 is 39.4 Å². The number of aryl methyl sites for hydroxylation is 1. The van der Waals surface area contributed by atoms with Crippen LogP contribution in [-0.2, 0) is 24.4 Å². The number of β-amino-alcohol motifs (C(OH)–C–C–N with tert-alkyl or cyclic N) is 1. The molecule has 9 rings (SSSR count). The summed E-state index contributed by atoms with van der Waals surface area (Å²) in [6, 6.07) is 13.8. The van der Waals surface area contributed by atoms with Gasteiger partial charge < -0.3 is 30.9 Å². The molecule has 4 atom stereocenters. The normalized spacial score (nSPS) is 18.0. The molecule has 4 aromatic heterocycles. The number of aromatic nitrogens is 5. The minimum Gasteiger partial charge on any atom is -0.391 e. The number of piperazine rings is 1. The number of nitrogens with zero attached hydrogens (tertiary/aromatic N) is 8. The summed E-state index contributed by atoms with van der Waals surface area (Å²) in [5, 5.41) is 24.1. The van der Waals surface area contributed by atoms with Gasteiger partial charge in [0.05, 0.1) is 56.6 Å². The zero-order valence-electron chi connectivity index (χ0n) is 48.2. The molecule has 2 aromatic carbocycles. The Hall–Kier alpha value is -6.39. The minimum absolute atomic E-state index is 0.0120. The SMILES string of the molecule is Cc1ncsc1-c1ccc([C@H](C)NC(=O)[C@@H]2C[C@@H](O)CN2C(=O)[C@@H](NC(=O)CCCCCCCCCCCCN2CCN(S(=O)(=O)c3ccc(Nc4nc5ccc(-c6cnn(C7CC7)c6)cn5c(=O)c4C)c(F)c3)CC2)C(C)(C)C)cc1. The van der Waals surface area contributed by atoms with E-state index in [1.54, 1.807) is 36.7 Å². The van der Waals surface area contributed by atoms with Crippen LogP contribution in [0.2, 0.25) is 0 Å². The quantitative estimate of drug-likeness (QED) is 0.0394. The lowest BCUT2D eigenvalue weighted by molar-refractivity contribution is -0.144. The van der Waals surface area contributed by atoms with Crippen LogP contribution in [0, 0.1) is 25.1 Å². The number of unbranched alkanes of at least 4 members (excludes halogenated alkanes) is 9. The number of sulfonamides is 1. The molecular weight excluding hydrogens is 1080 g/mol. The number of hydrogen-bond acceptors (Lipinski definition) is 13. The van der Waals surface area contributed by atoms with Crippen molar-refractivity contribution in [3.63, 3.8) is 0 Å². The zero-order chi connectivity index (χ0) is 58.3. The van der Waals surface area contributed by atoms with E-state index in [2.05, 4.69) is 35.9 Å². The van der Waals surface area contributed by atoms with Crippen LogP contribution >= 0.6 is 11.3 Å². The van der Waals surface area contributed by atoms with Gasteiger partial charge in [0.15, 0.2) is 0 Å². The molecule has 21 heteroatoms. The van der Waals surface area contributed by atoms with Crippen LogP contribution in [0.5, 0.6) is 0 Å². The zero-order valence-corrected chi connectivity index (χ0v) is 49.8. The number of aliphatic hydroxyl groups excluding tert-OH is 1. The Morgan fingerprint density at radius 1 is 0.841 bits per heavy atom. The Morgan fingerprint density at radius 2 is 1.51 bits per heavy atom. The van der Waals surface area contributed by atoms with E-state index in [4.69, 9.17) is 0 Å². The number of halogens is 1. The molecule has 0 unspecified atom stereocenters. The number of carbonyl (C=O) groups excluding carboxylic acids is 3. The number of thiazole rings is 1. The van der Waals surface area contributed by atoms with Crippen LogP contribution in [0.4, 0.5) is 15.9 Å². The van der Waals surface area contributed by atoms with E-state index in [-0.39, 0.29) is 64.3 Å². The molecule has 3 fully saturated rings. The fourth-order valence-electron chi connectivity index (χ4n) is 11.1. The van der Waals surface area contributed by atoms with E-state index in [1.165, 1.54) is 25.7 Å². The molecule has 6 heterocycles. The second-order valence-corrected chi connectivity index (χ2v) is 26.4. The summed E-state index contributed by atoms with van der Waals surface area (Å²) in [5.74, 6) is -1.49. The number of aliphatic hydroxyl groups is 1. The highest BCUT2D eigenvalue weighted by molar-refractivity contribution is 7.89. The van der Waals surface area contributed by atoms with Crippen molar-refractivity contribution in [1.82, 2.24) is 48.9 Å². The first-order valence-corrected chi connectivity index (χ1v) is 31.5. The monoisotopic (exact) mass is 1160 g/mol. The highest BCUT2D eigenvalue weighted by atomic mass is 32.2. The maximum absolute atomic E-state index is 15.6. The first kappa shape index (κ1) is 60.2. The fraction of sp³-hybridized carbons (Fsp3) is 0.525. The van der Waals surface area contributed by atoms with Gasteiger partial charge in [-0.25, -0.2) is 22.8 Å². The summed E-state index contributed by atoms with van der Waals surface area (Å²) in [5.41, 5.74) is 6.23. The summed E-state index contributed by atoms with van der Waals surface area (Å²) in [6.45, 7) is 13.9. The van der Waals surface area contributed by atoms with Crippen molar-refractivity contribution in [3.05, 3.63) is 112 Å². The Kier molecular flexibility index (Phi) is 19.4. The number of fused-ring (bicyclic) bond motifs is 1. The van der Waals surface area contributed by atoms with Gasteiger partial charge in [-0.05, 0) is 99.9 Å². The third kappa shape index (κ3) is 14.7. The van der Waals surface area contributed by atoms with Gasteiger partial charge in [0.1, 0.15) is 29.4 Å². The number of benzene rings is 2. The van der Waals surface area contributed by atoms with Crippen molar-refractivity contribution >= 4 is 56.2 Å². The van der Waals surface area contributed by atoms with Crippen LogP contribution in [0.25, 0.3) is 27.2 Å². The van der Waals surface area contributed by atoms with Gasteiger partial charge in [0.2, 0.25) is 27.7 Å². The number of amides is 3. The van der Waals surface area contributed by atoms with Crippen molar-refractivity contribution in [2.75, 3.05) is 44.6 Å². The van der Waals surface area contributed by atoms with Gasteiger partial charge >= 0.3 is 0 Å². The smallest absolute Gasteiger partial charge is 0.262 e. The maximum atomic E-state index is 15.6. The average molecular weight is 1160 g/mol. The number of rotatable bonds is 25. The molecule has 2 aliphatic heterocycles. The van der Waals surface area contributed by atoms with Crippen molar-refractivity contribution in [3.8, 4) is 21.6 Å². The molecule has 0 bridgehead atoms. The summed E-state index contributed by atoms with van der Waals surface area (Å²) in [4.78, 5) is 68.2. The van der Waals surface area contributed by atoms with Crippen molar-refractivity contribution < 1.29 is 32.3 Å². The minimum atomic E-state index is -3.94. The van der Waals surface area contributed by atoms with E-state index in [9.17, 15) is 32.7 Å². The molecule has 1 aliphatic carbocycles. The second kappa shape index (κ2) is 26.5. The summed E-state index contributed by atoms with van der Waals surface area (Å²) in [6.07, 6.45) is 17.7. The van der Waals surface area contributed by atoms with Gasteiger partial charge in [-0.15, -0.1) is 11.3 Å². The maximum Gasteiger partial charge on any atom is 0.262 e. The highest BCUT2D eigenvalue weighted by Gasteiger charge is 2.45. The third-order valence-corrected chi connectivity index (χ3v) is 19.1. The largest absolute Gasteiger partial charge is 0.391 e. The van der Waals surface area contributed by atoms with Crippen LogP contribution in [0.15, 0.2) is 88.4 Å². The first-order chi connectivity index (χ1) is 39.2. The predicted octanol–water partition coefficient (Wildman–Crippen LogP) is 9.48. The van der Waals surface area contributed by atoms with Gasteiger partial charge in [-0.3, -0.25) is 28.3 Å². The van der Waals surface area contributed by atoms with Crippen molar-refractivity contribution in [2.45, 2.75) is 167 Å². The Bertz CT molecular complexity index is 3380. The van der Waals surface area contributed by atoms with Gasteiger partial charge in [0.25, 0.3) is 5.56 Å². The molecule has 6 aromatic rings. The second-order valence-electron chi connectivity index (χ2n) is 23.7. The molecular formula is C61H80FN11O7S2. The van der Waals surface area contributed by atoms with Crippen molar-refractivity contribution in [2.24, 2.45) is 5.41 Å². The van der Waals surface area contributed by atoms with Gasteiger partial charge in [-0.1, -0.05) is 96.4 Å². The molecule has 3 aliphatic rings. The lowest BCUT2D eigenvalue weighted by Gasteiger charge is -2.35. The van der Waals surface area contributed by atoms with E-state index >= 15 is 4.39 Å². The lowest BCUT2D eigenvalue weighted by Crippen LogP contribution is -2.57. The number of likely N-dealkylation sites (tertiary alicyclic amines) is 1. The molecule has 440 valence electrons. The molecule has 1 saturated carbocycles. The van der Waals surface area contributed by atoms with Gasteiger partial charge in [0, 0.05) is 69.1 Å². The number of pyridine rings is 1. The van der Waals surface area contributed by atoms with Crippen molar-refractivity contribution in [1.29, 1.82) is 0 Å². The highest BCUT2D eigenvalue weighted by Crippen LogP contribution is 2.36. The first-order valence-electron chi connectivity index (χ1n) is 29.2. The standard InChI is InChI=1S/C61H80FN11O7S2/c1-40-57(67-53-27-22-45(36-72(53)59(40)77)46-35-64-73(37-46)47-23-24-47)66-51-26-25-49(34-50(51)62)82(79,80)70-31-29-69(30-32-70)28-16-14-12-10-8-7-9-11-13-15-17-54(75)68-56(61(4,5)6)60(78)71-38-48(74)33-52(71)58(76)65-41(2)43-18-20-44(21-19-43)55-42(3)63-39-81-55/h18-22,25-27,34-37,39,41,47-48,52,56,66,74H,7-17,23-24,28-33,38H2,1-6H3,(H,65,76)(H,68,75)/t41-,48+,52-,56+/m0/s1. The van der Waals surface area contributed by atoms with Gasteiger partial charge in [-0.2, -0.15) is 9.40 Å². The Balaban J connectivity index is 0.627. The van der Waals surface area contributed by atoms with Crippen LogP contribution < -0.4 is 21.5 Å². The Morgan fingerprint density at radius 3 is 2.16 bits per heavy atom. The number of hydrogen-bond donors (Lipinski definition) is 4. The molecule has 18 nitrogen and oxygen atoms in total. The van der Waals surface area contributed by atoms with Crippen LogP contribution in [0.1, 0.15) is 146 Å². The molecule has 4 N–H and O–H groups in total. The number of nitrogens with one attached hydrogen (secondary N) is 3. The number of carbonyl (C=O) groups is 3. The molecule has 0 radical (unpaired) electrons. The molecule has 3 amide bonds. The summed E-state index contributed by atoms with van der Waals surface area (Å²) in [7, 11) is -3.94. The Labute approximate surface area is 485 Å². The predicted molar refractivity (Wildman–Crippen MR) is 318 cm³/mol. The van der Waals surface area contributed by atoms with E-state index in [0.29, 0.717) is 50.7 Å². The molecule has 0 spiro atoms. The van der Waals surface area contributed by atoms with Crippen LogP contribution in [0.3, 0.4) is 0 Å². The molecule has 2 saturated heterocycles. The molecule has 82 heavy (non-hydrogen) atoms.